The molecular weight excluding hydrogens is 224 g/mol. The Labute approximate surface area is 106 Å². The highest BCUT2D eigenvalue weighted by Gasteiger charge is 2.26. The average molecular weight is 240 g/mol. The van der Waals surface area contributed by atoms with Crippen molar-refractivity contribution >= 4 is 5.78 Å². The van der Waals surface area contributed by atoms with Gasteiger partial charge in [-0.1, -0.05) is 24.6 Å². The highest BCUT2D eigenvalue weighted by Crippen LogP contribution is 2.27. The van der Waals surface area contributed by atoms with Crippen molar-refractivity contribution in [3.05, 3.63) is 47.3 Å². The first-order chi connectivity index (χ1) is 8.65. The Morgan fingerprint density at radius 1 is 1.22 bits per heavy atom. The van der Waals surface area contributed by atoms with Gasteiger partial charge in [0.2, 0.25) is 0 Å². The summed E-state index contributed by atoms with van der Waals surface area (Å²) >= 11 is 0. The fraction of sp³-hybridized carbons (Fsp3) is 0.333. The number of fused-ring (bicyclic) bond motifs is 1. The average Bonchev–Trinajstić information content (AvgIpc) is 2.74. The second-order valence-electron chi connectivity index (χ2n) is 5.19. The van der Waals surface area contributed by atoms with Gasteiger partial charge in [0.1, 0.15) is 0 Å². The van der Waals surface area contributed by atoms with Crippen LogP contribution >= 0.6 is 0 Å². The summed E-state index contributed by atoms with van der Waals surface area (Å²) in [4.78, 5) is 11.9. The van der Waals surface area contributed by atoms with Gasteiger partial charge in [-0.25, -0.2) is 4.68 Å². The summed E-state index contributed by atoms with van der Waals surface area (Å²) in [6.45, 7) is 4.18. The smallest absolute Gasteiger partial charge is 0.166 e. The van der Waals surface area contributed by atoms with E-state index in [1.54, 1.807) is 6.20 Å². The number of carbonyl (C=O) groups is 1. The van der Waals surface area contributed by atoms with Gasteiger partial charge in [0, 0.05) is 6.42 Å². The van der Waals surface area contributed by atoms with E-state index in [1.165, 1.54) is 5.56 Å². The summed E-state index contributed by atoms with van der Waals surface area (Å²) < 4.78 is 1.91. The Morgan fingerprint density at radius 2 is 1.94 bits per heavy atom. The summed E-state index contributed by atoms with van der Waals surface area (Å²) in [5, 5.41) is 4.38. The molecule has 3 nitrogen and oxygen atoms in total. The first kappa shape index (κ1) is 11.2. The fourth-order valence-electron chi connectivity index (χ4n) is 2.54. The Morgan fingerprint density at radius 3 is 2.67 bits per heavy atom. The highest BCUT2D eigenvalue weighted by molar-refractivity contribution is 5.98. The molecule has 1 aromatic carbocycles. The van der Waals surface area contributed by atoms with Crippen LogP contribution in [0.5, 0.6) is 0 Å². The molecule has 0 amide bonds. The molecule has 0 spiro atoms. The molecule has 3 rings (SSSR count). The number of aryl methyl sites for hydroxylation is 1. The van der Waals surface area contributed by atoms with Crippen LogP contribution in [0.1, 0.15) is 35.0 Å². The largest absolute Gasteiger partial charge is 0.294 e. The lowest BCUT2D eigenvalue weighted by Crippen LogP contribution is -2.19. The minimum absolute atomic E-state index is 0.224. The summed E-state index contributed by atoms with van der Waals surface area (Å²) in [5.74, 6) is 0.632. The van der Waals surface area contributed by atoms with Crippen molar-refractivity contribution in [1.29, 1.82) is 0 Å². The lowest BCUT2D eigenvalue weighted by atomic mass is 9.88. The van der Waals surface area contributed by atoms with E-state index in [0.717, 1.165) is 23.4 Å². The van der Waals surface area contributed by atoms with Crippen molar-refractivity contribution in [2.45, 2.75) is 26.7 Å². The van der Waals surface area contributed by atoms with Gasteiger partial charge in [0.25, 0.3) is 0 Å². The first-order valence-electron chi connectivity index (χ1n) is 6.32. The van der Waals surface area contributed by atoms with E-state index in [9.17, 15) is 4.79 Å². The maximum Gasteiger partial charge on any atom is 0.166 e. The van der Waals surface area contributed by atoms with Crippen LogP contribution in [0.25, 0.3) is 5.69 Å². The summed E-state index contributed by atoms with van der Waals surface area (Å²) in [6, 6.07) is 8.23. The molecule has 18 heavy (non-hydrogen) atoms. The summed E-state index contributed by atoms with van der Waals surface area (Å²) in [7, 11) is 0. The number of hydrogen-bond donors (Lipinski definition) is 0. The molecule has 0 N–H and O–H groups in total. The monoisotopic (exact) mass is 240 g/mol. The van der Waals surface area contributed by atoms with Gasteiger partial charge in [-0.2, -0.15) is 5.10 Å². The minimum Gasteiger partial charge on any atom is -0.294 e. The van der Waals surface area contributed by atoms with Crippen molar-refractivity contribution in [1.82, 2.24) is 9.78 Å². The third-order valence-electron chi connectivity index (χ3n) is 3.52. The third kappa shape index (κ3) is 1.76. The SMILES string of the molecule is Cc1ccc(-n2ncc3c2CC(C)CC3=O)cc1. The molecule has 1 aliphatic rings. The van der Waals surface area contributed by atoms with Crippen LogP contribution in [0.3, 0.4) is 0 Å². The lowest BCUT2D eigenvalue weighted by molar-refractivity contribution is 0.0952. The Kier molecular flexibility index (Phi) is 2.54. The Bertz CT molecular complexity index is 595. The molecule has 1 aromatic heterocycles. The molecule has 0 radical (unpaired) electrons. The zero-order valence-electron chi connectivity index (χ0n) is 10.7. The van der Waals surface area contributed by atoms with E-state index in [0.29, 0.717) is 12.3 Å². The number of hydrogen-bond acceptors (Lipinski definition) is 2. The zero-order chi connectivity index (χ0) is 12.7. The molecular formula is C15H16N2O. The number of nitrogens with zero attached hydrogens (tertiary/aromatic N) is 2. The van der Waals surface area contributed by atoms with E-state index in [1.807, 2.05) is 16.8 Å². The zero-order valence-corrected chi connectivity index (χ0v) is 10.7. The predicted octanol–water partition coefficient (Wildman–Crippen LogP) is 2.95. The molecule has 1 aliphatic carbocycles. The summed E-state index contributed by atoms with van der Waals surface area (Å²) in [6.07, 6.45) is 3.28. The minimum atomic E-state index is 0.224. The molecule has 0 saturated heterocycles. The topological polar surface area (TPSA) is 34.9 Å². The van der Waals surface area contributed by atoms with E-state index >= 15 is 0 Å². The molecule has 0 bridgehead atoms. The van der Waals surface area contributed by atoms with Gasteiger partial charge >= 0.3 is 0 Å². The number of Topliss-reactive ketones (excluding diaryl/α,β-unsaturated/α-hetero) is 1. The van der Waals surface area contributed by atoms with Gasteiger partial charge in [0.15, 0.2) is 5.78 Å². The quantitative estimate of drug-likeness (QED) is 0.768. The summed E-state index contributed by atoms with van der Waals surface area (Å²) in [5.41, 5.74) is 4.12. The predicted molar refractivity (Wildman–Crippen MR) is 70.1 cm³/mol. The van der Waals surface area contributed by atoms with Crippen molar-refractivity contribution in [3.8, 4) is 5.69 Å². The van der Waals surface area contributed by atoms with Crippen LogP contribution in [0.4, 0.5) is 0 Å². The molecule has 1 atom stereocenters. The first-order valence-corrected chi connectivity index (χ1v) is 6.32. The van der Waals surface area contributed by atoms with Crippen molar-refractivity contribution in [3.63, 3.8) is 0 Å². The van der Waals surface area contributed by atoms with E-state index in [2.05, 4.69) is 31.1 Å². The van der Waals surface area contributed by atoms with Crippen molar-refractivity contribution in [2.24, 2.45) is 5.92 Å². The number of rotatable bonds is 1. The van der Waals surface area contributed by atoms with Crippen LogP contribution in [0, 0.1) is 12.8 Å². The molecule has 0 aliphatic heterocycles. The van der Waals surface area contributed by atoms with Crippen LogP contribution in [-0.4, -0.2) is 15.6 Å². The normalized spacial score (nSPS) is 18.8. The number of ketones is 1. The van der Waals surface area contributed by atoms with Gasteiger partial charge in [-0.05, 0) is 31.4 Å². The molecule has 1 heterocycles. The number of carbonyl (C=O) groups excluding carboxylic acids is 1. The molecule has 0 saturated carbocycles. The number of aromatic nitrogens is 2. The maximum atomic E-state index is 11.9. The van der Waals surface area contributed by atoms with E-state index in [4.69, 9.17) is 0 Å². The third-order valence-corrected chi connectivity index (χ3v) is 3.52. The van der Waals surface area contributed by atoms with Crippen LogP contribution in [0.2, 0.25) is 0 Å². The van der Waals surface area contributed by atoms with Gasteiger partial charge in [-0.3, -0.25) is 4.79 Å². The highest BCUT2D eigenvalue weighted by atomic mass is 16.1. The van der Waals surface area contributed by atoms with E-state index in [-0.39, 0.29) is 5.78 Å². The molecule has 2 aromatic rings. The van der Waals surface area contributed by atoms with Crippen molar-refractivity contribution < 1.29 is 4.79 Å². The molecule has 92 valence electrons. The Balaban J connectivity index is 2.09. The molecule has 3 heteroatoms. The second kappa shape index (κ2) is 4.09. The van der Waals surface area contributed by atoms with Crippen molar-refractivity contribution in [2.75, 3.05) is 0 Å². The number of benzene rings is 1. The van der Waals surface area contributed by atoms with Crippen LogP contribution in [0.15, 0.2) is 30.5 Å². The maximum absolute atomic E-state index is 11.9. The fourth-order valence-corrected chi connectivity index (χ4v) is 2.54. The Hall–Kier alpha value is -1.90. The van der Waals surface area contributed by atoms with Crippen LogP contribution in [-0.2, 0) is 6.42 Å². The van der Waals surface area contributed by atoms with Gasteiger partial charge in [-0.15, -0.1) is 0 Å². The van der Waals surface area contributed by atoms with Gasteiger partial charge < -0.3 is 0 Å². The second-order valence-corrected chi connectivity index (χ2v) is 5.19. The van der Waals surface area contributed by atoms with Gasteiger partial charge in [0.05, 0.1) is 23.1 Å². The molecule has 1 unspecified atom stereocenters. The molecule has 0 fully saturated rings. The van der Waals surface area contributed by atoms with E-state index < -0.39 is 0 Å². The van der Waals surface area contributed by atoms with Crippen LogP contribution < -0.4 is 0 Å². The standard InChI is InChI=1S/C15H16N2O/c1-10-3-5-12(6-4-10)17-14-7-11(2)8-15(18)13(14)9-16-17/h3-6,9,11H,7-8H2,1-2H3. The lowest BCUT2D eigenvalue weighted by Gasteiger charge is -2.18.